The maximum Gasteiger partial charge on any atom is 0.243 e. The van der Waals surface area contributed by atoms with Crippen molar-refractivity contribution in [3.63, 3.8) is 0 Å². The Balaban J connectivity index is 1.22. The lowest BCUT2D eigenvalue weighted by Gasteiger charge is -2.34. The van der Waals surface area contributed by atoms with E-state index < -0.39 is 15.8 Å². The Morgan fingerprint density at radius 1 is 0.970 bits per heavy atom. The molecule has 33 heavy (non-hydrogen) atoms. The molecule has 0 spiro atoms. The lowest BCUT2D eigenvalue weighted by Crippen LogP contribution is -2.45. The number of likely N-dealkylation sites (tertiary alicyclic amines) is 1. The fraction of sp³-hybridized carbons (Fsp3) is 0.480. The van der Waals surface area contributed by atoms with Crippen LogP contribution in [0.3, 0.4) is 0 Å². The van der Waals surface area contributed by atoms with Crippen LogP contribution in [0, 0.1) is 17.7 Å². The first-order valence-electron chi connectivity index (χ1n) is 11.7. The maximum absolute atomic E-state index is 13.1. The minimum absolute atomic E-state index is 0.0222. The van der Waals surface area contributed by atoms with Crippen molar-refractivity contribution in [3.05, 3.63) is 66.0 Å². The lowest BCUT2D eigenvalue weighted by atomic mass is 9.95. The number of hydrogen-bond acceptors (Lipinski definition) is 4. The van der Waals surface area contributed by atoms with Gasteiger partial charge in [-0.15, -0.1) is 0 Å². The van der Waals surface area contributed by atoms with Gasteiger partial charge < -0.3 is 5.32 Å². The molecule has 0 aliphatic carbocycles. The second kappa shape index (κ2) is 10.8. The number of piperidine rings is 2. The summed E-state index contributed by atoms with van der Waals surface area (Å²) in [5, 5.41) is 3.12. The number of halogens is 1. The van der Waals surface area contributed by atoms with Gasteiger partial charge >= 0.3 is 0 Å². The highest BCUT2D eigenvalue weighted by atomic mass is 32.2. The van der Waals surface area contributed by atoms with Gasteiger partial charge in [0.05, 0.1) is 4.90 Å². The van der Waals surface area contributed by atoms with E-state index in [0.29, 0.717) is 38.4 Å². The van der Waals surface area contributed by atoms with E-state index in [2.05, 4.69) is 34.5 Å². The van der Waals surface area contributed by atoms with Crippen LogP contribution in [0.15, 0.2) is 59.5 Å². The van der Waals surface area contributed by atoms with E-state index in [0.717, 1.165) is 44.6 Å². The summed E-state index contributed by atoms with van der Waals surface area (Å²) in [5.41, 5.74) is 1.31. The molecule has 2 fully saturated rings. The average molecular weight is 474 g/mol. The second-order valence-electron chi connectivity index (χ2n) is 9.11. The lowest BCUT2D eigenvalue weighted by molar-refractivity contribution is -0.126. The van der Waals surface area contributed by atoms with Gasteiger partial charge in [-0.1, -0.05) is 30.3 Å². The Kier molecular flexibility index (Phi) is 7.78. The third-order valence-corrected chi connectivity index (χ3v) is 8.61. The molecule has 0 saturated carbocycles. The monoisotopic (exact) mass is 473 g/mol. The van der Waals surface area contributed by atoms with Crippen LogP contribution in [-0.4, -0.2) is 56.3 Å². The number of rotatable bonds is 7. The van der Waals surface area contributed by atoms with E-state index in [1.165, 1.54) is 22.0 Å². The van der Waals surface area contributed by atoms with Crippen LogP contribution in [0.1, 0.15) is 31.2 Å². The number of sulfonamides is 1. The summed E-state index contributed by atoms with van der Waals surface area (Å²) in [6.07, 6.45) is 3.24. The van der Waals surface area contributed by atoms with E-state index >= 15 is 0 Å². The topological polar surface area (TPSA) is 69.7 Å². The van der Waals surface area contributed by atoms with Gasteiger partial charge in [-0.05, 0) is 68.0 Å². The highest BCUT2D eigenvalue weighted by molar-refractivity contribution is 7.89. The standard InChI is InChI=1S/C25H32FN3O3S/c26-23-8-10-24(11-9-23)33(31,32)29-15-12-22(13-16-29)25(30)27-17-21-7-4-14-28(19-21)18-20-5-2-1-3-6-20/h1-3,5-6,8-11,21-22H,4,7,12-19H2,(H,27,30). The zero-order chi connectivity index (χ0) is 23.3. The summed E-state index contributed by atoms with van der Waals surface area (Å²) in [4.78, 5) is 15.3. The first-order valence-corrected chi connectivity index (χ1v) is 13.2. The maximum atomic E-state index is 13.1. The van der Waals surface area contributed by atoms with Gasteiger partial charge in [0.2, 0.25) is 15.9 Å². The van der Waals surface area contributed by atoms with Gasteiger partial charge in [0, 0.05) is 38.6 Å². The summed E-state index contributed by atoms with van der Waals surface area (Å²) in [7, 11) is -3.66. The predicted octanol–water partition coefficient (Wildman–Crippen LogP) is 3.25. The summed E-state index contributed by atoms with van der Waals surface area (Å²) in [6, 6.07) is 15.3. The number of amides is 1. The fourth-order valence-electron chi connectivity index (χ4n) is 4.81. The molecule has 1 atom stereocenters. The van der Waals surface area contributed by atoms with E-state index in [-0.39, 0.29) is 16.7 Å². The van der Waals surface area contributed by atoms with Gasteiger partial charge in [-0.25, -0.2) is 12.8 Å². The summed E-state index contributed by atoms with van der Waals surface area (Å²) < 4.78 is 40.1. The minimum Gasteiger partial charge on any atom is -0.356 e. The highest BCUT2D eigenvalue weighted by Gasteiger charge is 2.32. The Morgan fingerprint density at radius 2 is 1.67 bits per heavy atom. The number of nitrogens with one attached hydrogen (secondary N) is 1. The van der Waals surface area contributed by atoms with E-state index in [4.69, 9.17) is 0 Å². The molecule has 0 aromatic heterocycles. The van der Waals surface area contributed by atoms with Crippen LogP contribution in [0.5, 0.6) is 0 Å². The van der Waals surface area contributed by atoms with Crippen LogP contribution in [0.25, 0.3) is 0 Å². The molecule has 2 aromatic carbocycles. The van der Waals surface area contributed by atoms with Gasteiger partial charge in [0.1, 0.15) is 5.82 Å². The summed E-state index contributed by atoms with van der Waals surface area (Å²) >= 11 is 0. The smallest absolute Gasteiger partial charge is 0.243 e. The molecule has 8 heteroatoms. The molecule has 0 bridgehead atoms. The van der Waals surface area contributed by atoms with Crippen molar-refractivity contribution in [1.29, 1.82) is 0 Å². The number of carbonyl (C=O) groups excluding carboxylic acids is 1. The molecule has 4 rings (SSSR count). The van der Waals surface area contributed by atoms with Gasteiger partial charge in [0.15, 0.2) is 0 Å². The number of nitrogens with zero attached hydrogens (tertiary/aromatic N) is 2. The number of benzene rings is 2. The quantitative estimate of drug-likeness (QED) is 0.670. The van der Waals surface area contributed by atoms with Crippen LogP contribution < -0.4 is 5.32 Å². The molecule has 2 saturated heterocycles. The molecule has 2 aliphatic rings. The predicted molar refractivity (Wildman–Crippen MR) is 125 cm³/mol. The van der Waals surface area contributed by atoms with Crippen LogP contribution in [-0.2, 0) is 21.4 Å². The SMILES string of the molecule is O=C(NCC1CCCN(Cc2ccccc2)C1)C1CCN(S(=O)(=O)c2ccc(F)cc2)CC1. The second-order valence-corrected chi connectivity index (χ2v) is 11.0. The van der Waals surface area contributed by atoms with Crippen molar-refractivity contribution in [2.75, 3.05) is 32.7 Å². The fourth-order valence-corrected chi connectivity index (χ4v) is 6.28. The molecule has 1 N–H and O–H groups in total. The normalized spacial score (nSPS) is 21.1. The number of carbonyl (C=O) groups is 1. The van der Waals surface area contributed by atoms with Crippen molar-refractivity contribution in [2.45, 2.75) is 37.1 Å². The van der Waals surface area contributed by atoms with Crippen LogP contribution in [0.4, 0.5) is 4.39 Å². The molecule has 6 nitrogen and oxygen atoms in total. The van der Waals surface area contributed by atoms with E-state index in [9.17, 15) is 17.6 Å². The van der Waals surface area contributed by atoms with Crippen molar-refractivity contribution in [2.24, 2.45) is 11.8 Å². The molecule has 2 heterocycles. The Morgan fingerprint density at radius 3 is 2.36 bits per heavy atom. The summed E-state index contributed by atoms with van der Waals surface area (Å²) in [6.45, 7) is 4.26. The Bertz CT molecular complexity index is 1020. The Hall–Kier alpha value is -2.29. The average Bonchev–Trinajstić information content (AvgIpc) is 2.84. The molecule has 1 amide bonds. The molecular formula is C25H32FN3O3S. The molecule has 2 aliphatic heterocycles. The van der Waals surface area contributed by atoms with Gasteiger partial charge in [-0.3, -0.25) is 9.69 Å². The molecule has 0 radical (unpaired) electrons. The first kappa shape index (κ1) is 23.9. The van der Waals surface area contributed by atoms with Crippen molar-refractivity contribution in [1.82, 2.24) is 14.5 Å². The van der Waals surface area contributed by atoms with Gasteiger partial charge in [0.25, 0.3) is 0 Å². The van der Waals surface area contributed by atoms with E-state index in [1.807, 2.05) is 6.07 Å². The van der Waals surface area contributed by atoms with Crippen molar-refractivity contribution >= 4 is 15.9 Å². The Labute approximate surface area is 195 Å². The van der Waals surface area contributed by atoms with Crippen molar-refractivity contribution < 1.29 is 17.6 Å². The zero-order valence-electron chi connectivity index (χ0n) is 18.8. The number of hydrogen-bond donors (Lipinski definition) is 1. The summed E-state index contributed by atoms with van der Waals surface area (Å²) in [5.74, 6) is -0.182. The first-order chi connectivity index (χ1) is 15.9. The van der Waals surface area contributed by atoms with Gasteiger partial charge in [-0.2, -0.15) is 4.31 Å². The largest absolute Gasteiger partial charge is 0.356 e. The van der Waals surface area contributed by atoms with Crippen molar-refractivity contribution in [3.8, 4) is 0 Å². The third-order valence-electron chi connectivity index (χ3n) is 6.69. The molecule has 2 aromatic rings. The third kappa shape index (κ3) is 6.19. The zero-order valence-corrected chi connectivity index (χ0v) is 19.6. The van der Waals surface area contributed by atoms with Crippen LogP contribution in [0.2, 0.25) is 0 Å². The van der Waals surface area contributed by atoms with E-state index in [1.54, 1.807) is 0 Å². The molecule has 178 valence electrons. The molecule has 1 unspecified atom stereocenters. The molecular weight excluding hydrogens is 441 g/mol. The minimum atomic E-state index is -3.66. The van der Waals surface area contributed by atoms with Crippen LogP contribution >= 0.6 is 0 Å². The highest BCUT2D eigenvalue weighted by Crippen LogP contribution is 2.25.